The molecule has 0 N–H and O–H groups in total. The molecular formula is C52H43N5. The number of rotatable bonds is 5. The van der Waals surface area contributed by atoms with Crippen LogP contribution in [0.15, 0.2) is 133 Å². The van der Waals surface area contributed by atoms with Crippen molar-refractivity contribution in [3.63, 3.8) is 0 Å². The zero-order chi connectivity index (χ0) is 39.1. The van der Waals surface area contributed by atoms with E-state index in [-0.39, 0.29) is 0 Å². The molecule has 57 heavy (non-hydrogen) atoms. The van der Waals surface area contributed by atoms with Crippen molar-refractivity contribution in [2.75, 3.05) is 0 Å². The van der Waals surface area contributed by atoms with E-state index in [0.717, 1.165) is 33.6 Å². The maximum absolute atomic E-state index is 4.86. The first-order chi connectivity index (χ1) is 27.6. The second-order valence-electron chi connectivity index (χ2n) is 15.8. The molecular weight excluding hydrogens is 695 g/mol. The van der Waals surface area contributed by atoms with E-state index in [0.29, 0.717) is 17.5 Å². The first kappa shape index (κ1) is 34.6. The van der Waals surface area contributed by atoms with Crippen LogP contribution in [0.4, 0.5) is 0 Å². The van der Waals surface area contributed by atoms with Gasteiger partial charge in [0.15, 0.2) is 5.82 Å². The van der Waals surface area contributed by atoms with Crippen molar-refractivity contribution in [1.29, 1.82) is 0 Å². The Bertz CT molecular complexity index is 3110. The molecule has 0 unspecified atom stereocenters. The van der Waals surface area contributed by atoms with Crippen LogP contribution in [0, 0.1) is 48.5 Å². The number of aryl methyl sites for hydroxylation is 7. The Morgan fingerprint density at radius 1 is 0.316 bits per heavy atom. The van der Waals surface area contributed by atoms with Gasteiger partial charge in [-0.25, -0.2) is 15.0 Å². The highest BCUT2D eigenvalue weighted by Gasteiger charge is 2.23. The van der Waals surface area contributed by atoms with E-state index in [1.54, 1.807) is 0 Å². The summed E-state index contributed by atoms with van der Waals surface area (Å²) in [4.78, 5) is 14.2. The van der Waals surface area contributed by atoms with Gasteiger partial charge in [0.05, 0.1) is 33.4 Å². The molecule has 5 heteroatoms. The van der Waals surface area contributed by atoms with Crippen molar-refractivity contribution in [3.8, 4) is 45.0 Å². The number of hydrogen-bond donors (Lipinski definition) is 0. The van der Waals surface area contributed by atoms with Crippen molar-refractivity contribution >= 4 is 43.6 Å². The van der Waals surface area contributed by atoms with Gasteiger partial charge >= 0.3 is 0 Å². The Kier molecular flexibility index (Phi) is 7.98. The molecule has 0 aliphatic heterocycles. The minimum atomic E-state index is 0.667. The fraction of sp³-hybridized carbons (Fsp3) is 0.135. The van der Waals surface area contributed by atoms with E-state index in [1.807, 2.05) is 13.8 Å². The maximum atomic E-state index is 4.86. The van der Waals surface area contributed by atoms with E-state index in [2.05, 4.69) is 182 Å². The Hall–Kier alpha value is -6.85. The lowest BCUT2D eigenvalue weighted by Crippen LogP contribution is -2.04. The normalized spacial score (nSPS) is 11.8. The van der Waals surface area contributed by atoms with E-state index in [1.165, 1.54) is 77.0 Å². The lowest BCUT2D eigenvalue weighted by molar-refractivity contribution is 0.928. The summed E-state index contributed by atoms with van der Waals surface area (Å²) >= 11 is 0. The van der Waals surface area contributed by atoms with Gasteiger partial charge in [0, 0.05) is 38.2 Å². The summed E-state index contributed by atoms with van der Waals surface area (Å²) in [7, 11) is 0. The molecule has 0 spiro atoms. The van der Waals surface area contributed by atoms with Crippen LogP contribution in [-0.4, -0.2) is 24.1 Å². The highest BCUT2D eigenvalue weighted by molar-refractivity contribution is 6.12. The van der Waals surface area contributed by atoms with Gasteiger partial charge in [-0.15, -0.1) is 0 Å². The summed E-state index contributed by atoms with van der Waals surface area (Å²) in [5.41, 5.74) is 18.5. The van der Waals surface area contributed by atoms with Crippen LogP contribution in [-0.2, 0) is 0 Å². The summed E-state index contributed by atoms with van der Waals surface area (Å²) in [5, 5.41) is 4.99. The zero-order valence-corrected chi connectivity index (χ0v) is 33.4. The van der Waals surface area contributed by atoms with Gasteiger partial charge in [0.1, 0.15) is 11.6 Å². The van der Waals surface area contributed by atoms with Crippen LogP contribution >= 0.6 is 0 Å². The monoisotopic (exact) mass is 737 g/mol. The Morgan fingerprint density at radius 2 is 0.667 bits per heavy atom. The van der Waals surface area contributed by atoms with Crippen molar-refractivity contribution in [1.82, 2.24) is 24.1 Å². The van der Waals surface area contributed by atoms with Gasteiger partial charge in [-0.2, -0.15) is 0 Å². The van der Waals surface area contributed by atoms with Crippen LogP contribution in [0.25, 0.3) is 88.6 Å². The first-order valence-electron chi connectivity index (χ1n) is 19.7. The zero-order valence-electron chi connectivity index (χ0n) is 33.4. The molecule has 0 fully saturated rings. The second-order valence-corrected chi connectivity index (χ2v) is 15.8. The summed E-state index contributed by atoms with van der Waals surface area (Å²) in [5.74, 6) is 2.07. The average molecular weight is 738 g/mol. The molecule has 0 aliphatic carbocycles. The molecule has 3 aromatic heterocycles. The van der Waals surface area contributed by atoms with Crippen LogP contribution < -0.4 is 0 Å². The van der Waals surface area contributed by atoms with Crippen LogP contribution in [0.1, 0.15) is 39.5 Å². The first-order valence-corrected chi connectivity index (χ1v) is 19.7. The molecule has 7 aromatic carbocycles. The molecule has 0 radical (unpaired) electrons. The highest BCUT2D eigenvalue weighted by Crippen LogP contribution is 2.44. The summed E-state index contributed by atoms with van der Waals surface area (Å²) in [6.07, 6.45) is 0. The van der Waals surface area contributed by atoms with Crippen molar-refractivity contribution in [2.24, 2.45) is 0 Å². The third-order valence-electron chi connectivity index (χ3n) is 11.4. The fourth-order valence-electron chi connectivity index (χ4n) is 8.72. The smallest absolute Gasteiger partial charge is 0.163 e. The number of fused-ring (bicyclic) bond motifs is 6. The van der Waals surface area contributed by atoms with Gasteiger partial charge < -0.3 is 9.13 Å². The third kappa shape index (κ3) is 5.81. The van der Waals surface area contributed by atoms with Crippen molar-refractivity contribution in [2.45, 2.75) is 48.5 Å². The van der Waals surface area contributed by atoms with E-state index in [9.17, 15) is 0 Å². The molecule has 0 aliphatic rings. The number of nitrogens with zero attached hydrogens (tertiary/aromatic N) is 5. The molecule has 0 amide bonds. The molecule has 5 nitrogen and oxygen atoms in total. The summed E-state index contributed by atoms with van der Waals surface area (Å²) in [6, 6.07) is 49.9. The van der Waals surface area contributed by atoms with Gasteiger partial charge in [-0.1, -0.05) is 82.4 Å². The van der Waals surface area contributed by atoms with Crippen LogP contribution in [0.3, 0.4) is 0 Å². The largest absolute Gasteiger partial charge is 0.309 e. The predicted octanol–water partition coefficient (Wildman–Crippen LogP) is 13.2. The molecule has 0 saturated heterocycles. The number of aromatic nitrogens is 5. The lowest BCUT2D eigenvalue weighted by Gasteiger charge is -2.21. The van der Waals surface area contributed by atoms with Crippen LogP contribution in [0.5, 0.6) is 0 Å². The molecule has 0 bridgehead atoms. The topological polar surface area (TPSA) is 48.5 Å². The third-order valence-corrected chi connectivity index (χ3v) is 11.4. The average Bonchev–Trinajstić information content (AvgIpc) is 3.68. The summed E-state index contributed by atoms with van der Waals surface area (Å²) < 4.78 is 4.91. The SMILES string of the molecule is Cc1ccc(-c2ccc(-n3c4ccc(C)cc4c4cc(C)ccc43)c(-c3cc(-c4nc(C)nc(C)n4)ccc3-n3c4ccc(C)cc4c4cc(C)ccc43)c2)cc1. The molecule has 10 rings (SSSR count). The molecule has 276 valence electrons. The maximum Gasteiger partial charge on any atom is 0.163 e. The summed E-state index contributed by atoms with van der Waals surface area (Å²) in [6.45, 7) is 14.7. The Balaban J connectivity index is 1.37. The van der Waals surface area contributed by atoms with Crippen molar-refractivity contribution in [3.05, 3.63) is 173 Å². The second kappa shape index (κ2) is 13.1. The van der Waals surface area contributed by atoms with Gasteiger partial charge in [-0.05, 0) is 138 Å². The quantitative estimate of drug-likeness (QED) is 0.177. The number of hydrogen-bond acceptors (Lipinski definition) is 3. The van der Waals surface area contributed by atoms with Gasteiger partial charge in [-0.3, -0.25) is 0 Å². The lowest BCUT2D eigenvalue weighted by atomic mass is 9.94. The predicted molar refractivity (Wildman–Crippen MR) is 238 cm³/mol. The van der Waals surface area contributed by atoms with E-state index in [4.69, 9.17) is 9.97 Å². The van der Waals surface area contributed by atoms with E-state index >= 15 is 0 Å². The van der Waals surface area contributed by atoms with Crippen LogP contribution in [0.2, 0.25) is 0 Å². The standard InChI is InChI=1S/C52H43N5/c1-30-8-14-37(15-9-30)38-16-22-50(56-46-18-10-31(2)24-40(46)41-25-32(3)11-19-47(41)56)44(28-38)45-29-39(52-54-35(6)53-36(7)55-52)17-23-51(45)57-48-20-12-33(4)26-42(48)43-27-34(5)13-21-49(43)57/h8-29H,1-7H3. The highest BCUT2D eigenvalue weighted by atomic mass is 15.0. The molecule has 3 heterocycles. The fourth-order valence-corrected chi connectivity index (χ4v) is 8.72. The molecule has 0 atom stereocenters. The van der Waals surface area contributed by atoms with Gasteiger partial charge in [0.25, 0.3) is 0 Å². The van der Waals surface area contributed by atoms with Gasteiger partial charge in [0.2, 0.25) is 0 Å². The van der Waals surface area contributed by atoms with Crippen molar-refractivity contribution < 1.29 is 0 Å². The Labute approximate surface area is 332 Å². The Morgan fingerprint density at radius 3 is 1.09 bits per heavy atom. The molecule has 0 saturated carbocycles. The minimum absolute atomic E-state index is 0.667. The molecule has 10 aromatic rings. The minimum Gasteiger partial charge on any atom is -0.309 e. The van der Waals surface area contributed by atoms with E-state index < -0.39 is 0 Å². The number of benzene rings is 7.